The van der Waals surface area contributed by atoms with Crippen LogP contribution in [0, 0.1) is 13.8 Å². The fraction of sp³-hybridized carbons (Fsp3) is 0.188. The van der Waals surface area contributed by atoms with E-state index in [1.54, 1.807) is 0 Å². The van der Waals surface area contributed by atoms with E-state index < -0.39 is 0 Å². The first-order chi connectivity index (χ1) is 8.56. The van der Waals surface area contributed by atoms with Crippen molar-refractivity contribution in [3.63, 3.8) is 0 Å². The highest BCUT2D eigenvalue weighted by Gasteiger charge is 2.03. The molecule has 1 heterocycles. The molecule has 0 saturated carbocycles. The van der Waals surface area contributed by atoms with Gasteiger partial charge in [-0.2, -0.15) is 0 Å². The van der Waals surface area contributed by atoms with Crippen LogP contribution < -0.4 is 5.32 Å². The normalized spacial score (nSPS) is 10.2. The molecule has 92 valence electrons. The summed E-state index contributed by atoms with van der Waals surface area (Å²) < 4.78 is 0. The second-order valence-electron chi connectivity index (χ2n) is 4.66. The van der Waals surface area contributed by atoms with Gasteiger partial charge in [-0.05, 0) is 38.0 Å². The van der Waals surface area contributed by atoms with Crippen LogP contribution in [0.25, 0.3) is 11.1 Å². The minimum atomic E-state index is 0.873. The van der Waals surface area contributed by atoms with Crippen LogP contribution in [-0.4, -0.2) is 4.98 Å². The molecule has 0 bridgehead atoms. The molecule has 0 fully saturated rings. The molecule has 1 aromatic heterocycles. The fourth-order valence-corrected chi connectivity index (χ4v) is 1.81. The molecule has 0 aliphatic heterocycles. The van der Waals surface area contributed by atoms with Crippen molar-refractivity contribution < 1.29 is 0 Å². The Balaban J connectivity index is 2.33. The Kier molecular flexibility index (Phi) is 3.47. The van der Waals surface area contributed by atoms with Gasteiger partial charge in [-0.15, -0.1) is 0 Å². The van der Waals surface area contributed by atoms with Crippen molar-refractivity contribution in [1.82, 2.24) is 4.98 Å². The Morgan fingerprint density at radius 2 is 1.78 bits per heavy atom. The minimum Gasteiger partial charge on any atom is -0.344 e. The summed E-state index contributed by atoms with van der Waals surface area (Å²) >= 11 is 0. The molecule has 2 rings (SSSR count). The van der Waals surface area contributed by atoms with Gasteiger partial charge in [-0.1, -0.05) is 36.4 Å². The summed E-state index contributed by atoms with van der Waals surface area (Å²) in [5.74, 6) is 0.873. The largest absolute Gasteiger partial charge is 0.344 e. The Bertz CT molecular complexity index is 568. The monoisotopic (exact) mass is 238 g/mol. The molecule has 2 nitrogen and oxygen atoms in total. The first kappa shape index (κ1) is 12.4. The predicted octanol–water partition coefficient (Wildman–Crippen LogP) is 4.31. The van der Waals surface area contributed by atoms with Gasteiger partial charge in [0.1, 0.15) is 5.82 Å². The molecule has 0 radical (unpaired) electrons. The summed E-state index contributed by atoms with van der Waals surface area (Å²) in [4.78, 5) is 4.45. The quantitative estimate of drug-likeness (QED) is 0.861. The zero-order valence-electron chi connectivity index (χ0n) is 11.1. The number of allylic oxidation sites excluding steroid dienone is 1. The fourth-order valence-electron chi connectivity index (χ4n) is 1.81. The van der Waals surface area contributed by atoms with Gasteiger partial charge >= 0.3 is 0 Å². The summed E-state index contributed by atoms with van der Waals surface area (Å²) in [6.45, 7) is 9.90. The summed E-state index contributed by atoms with van der Waals surface area (Å²) in [7, 11) is 0. The number of hydrogen-bond donors (Lipinski definition) is 1. The zero-order chi connectivity index (χ0) is 13.1. The Morgan fingerprint density at radius 1 is 1.11 bits per heavy atom. The average Bonchev–Trinajstić information content (AvgIpc) is 2.32. The zero-order valence-corrected chi connectivity index (χ0v) is 11.1. The van der Waals surface area contributed by atoms with Crippen molar-refractivity contribution in [2.45, 2.75) is 20.8 Å². The highest BCUT2D eigenvalue weighted by atomic mass is 15.0. The third-order valence-corrected chi connectivity index (χ3v) is 2.79. The second kappa shape index (κ2) is 5.05. The molecule has 0 unspecified atom stereocenters. The van der Waals surface area contributed by atoms with Crippen LogP contribution in [0.3, 0.4) is 0 Å². The van der Waals surface area contributed by atoms with Crippen LogP contribution in [-0.2, 0) is 0 Å². The standard InChI is InChI=1S/C16H18N2/c1-11(2)18-16-13(4)9-15(10-17-16)14-7-5-12(3)6-8-14/h5-10H,1H2,2-4H3,(H,17,18). The van der Waals surface area contributed by atoms with E-state index in [2.05, 4.69) is 61.1 Å². The lowest BCUT2D eigenvalue weighted by Gasteiger charge is -2.10. The van der Waals surface area contributed by atoms with Crippen molar-refractivity contribution >= 4 is 5.82 Å². The number of rotatable bonds is 3. The number of aromatic nitrogens is 1. The predicted molar refractivity (Wildman–Crippen MR) is 77.6 cm³/mol. The van der Waals surface area contributed by atoms with E-state index in [-0.39, 0.29) is 0 Å². The van der Waals surface area contributed by atoms with Crippen LogP contribution in [0.1, 0.15) is 18.1 Å². The summed E-state index contributed by atoms with van der Waals surface area (Å²) in [5, 5.41) is 3.16. The third kappa shape index (κ3) is 2.77. The lowest BCUT2D eigenvalue weighted by Crippen LogP contribution is -1.99. The highest BCUT2D eigenvalue weighted by molar-refractivity contribution is 5.66. The van der Waals surface area contributed by atoms with Crippen LogP contribution in [0.2, 0.25) is 0 Å². The molecule has 0 spiro atoms. The maximum atomic E-state index is 4.45. The first-order valence-corrected chi connectivity index (χ1v) is 6.02. The van der Waals surface area contributed by atoms with Gasteiger partial charge in [0.05, 0.1) is 0 Å². The Morgan fingerprint density at radius 3 is 2.33 bits per heavy atom. The molecule has 0 aliphatic rings. The lowest BCUT2D eigenvalue weighted by atomic mass is 10.0. The van der Waals surface area contributed by atoms with E-state index in [0.29, 0.717) is 0 Å². The van der Waals surface area contributed by atoms with Crippen molar-refractivity contribution in [2.75, 3.05) is 5.32 Å². The minimum absolute atomic E-state index is 0.873. The molecule has 1 aromatic carbocycles. The van der Waals surface area contributed by atoms with E-state index in [1.165, 1.54) is 11.1 Å². The summed E-state index contributed by atoms with van der Waals surface area (Å²) in [6, 6.07) is 10.6. The number of nitrogens with zero attached hydrogens (tertiary/aromatic N) is 1. The van der Waals surface area contributed by atoms with Crippen LogP contribution >= 0.6 is 0 Å². The maximum absolute atomic E-state index is 4.45. The highest BCUT2D eigenvalue weighted by Crippen LogP contribution is 2.23. The average molecular weight is 238 g/mol. The maximum Gasteiger partial charge on any atom is 0.132 e. The number of benzene rings is 1. The molecule has 0 aliphatic carbocycles. The summed E-state index contributed by atoms with van der Waals surface area (Å²) in [5.41, 5.74) is 5.62. The van der Waals surface area contributed by atoms with Gasteiger partial charge in [-0.3, -0.25) is 0 Å². The smallest absolute Gasteiger partial charge is 0.132 e. The van der Waals surface area contributed by atoms with Crippen molar-refractivity contribution in [1.29, 1.82) is 0 Å². The van der Waals surface area contributed by atoms with E-state index >= 15 is 0 Å². The summed E-state index contributed by atoms with van der Waals surface area (Å²) in [6.07, 6.45) is 1.89. The number of nitrogens with one attached hydrogen (secondary N) is 1. The molecule has 2 heteroatoms. The van der Waals surface area contributed by atoms with Crippen LogP contribution in [0.15, 0.2) is 48.8 Å². The lowest BCUT2D eigenvalue weighted by molar-refractivity contribution is 1.22. The Hall–Kier alpha value is -2.09. The van der Waals surface area contributed by atoms with Crippen LogP contribution in [0.4, 0.5) is 5.82 Å². The van der Waals surface area contributed by atoms with E-state index in [1.807, 2.05) is 13.1 Å². The molecule has 0 amide bonds. The van der Waals surface area contributed by atoms with E-state index in [9.17, 15) is 0 Å². The molecule has 18 heavy (non-hydrogen) atoms. The number of aryl methyl sites for hydroxylation is 2. The number of hydrogen-bond acceptors (Lipinski definition) is 2. The molecule has 0 atom stereocenters. The molecule has 1 N–H and O–H groups in total. The van der Waals surface area contributed by atoms with Gasteiger partial charge < -0.3 is 5.32 Å². The molecule has 0 saturated heterocycles. The Labute approximate surface area is 108 Å². The first-order valence-electron chi connectivity index (χ1n) is 6.02. The van der Waals surface area contributed by atoms with Crippen molar-refractivity contribution in [3.8, 4) is 11.1 Å². The van der Waals surface area contributed by atoms with E-state index in [4.69, 9.17) is 0 Å². The number of anilines is 1. The second-order valence-corrected chi connectivity index (χ2v) is 4.66. The van der Waals surface area contributed by atoms with Gasteiger partial charge in [0, 0.05) is 17.5 Å². The van der Waals surface area contributed by atoms with E-state index in [0.717, 1.165) is 22.6 Å². The number of pyridine rings is 1. The molecule has 2 aromatic rings. The van der Waals surface area contributed by atoms with Crippen molar-refractivity contribution in [2.24, 2.45) is 0 Å². The SMILES string of the molecule is C=C(C)Nc1ncc(-c2ccc(C)cc2)cc1C. The third-order valence-electron chi connectivity index (χ3n) is 2.79. The van der Waals surface area contributed by atoms with Crippen LogP contribution in [0.5, 0.6) is 0 Å². The molecular formula is C16H18N2. The van der Waals surface area contributed by atoms with Gasteiger partial charge in [-0.25, -0.2) is 4.98 Å². The topological polar surface area (TPSA) is 24.9 Å². The van der Waals surface area contributed by atoms with Gasteiger partial charge in [0.15, 0.2) is 0 Å². The van der Waals surface area contributed by atoms with Gasteiger partial charge in [0.25, 0.3) is 0 Å². The molecular weight excluding hydrogens is 220 g/mol. The van der Waals surface area contributed by atoms with Gasteiger partial charge in [0.2, 0.25) is 0 Å². The van der Waals surface area contributed by atoms with Crippen molar-refractivity contribution in [3.05, 3.63) is 59.9 Å².